The van der Waals surface area contributed by atoms with E-state index < -0.39 is 42.5 Å². The second-order valence-electron chi connectivity index (χ2n) is 9.40. The molecule has 11 heteroatoms. The molecule has 1 aromatic heterocycles. The number of phenolic OH excluding ortho intramolecular Hbond substituents is 1. The lowest BCUT2D eigenvalue weighted by Gasteiger charge is -2.28. The minimum absolute atomic E-state index is 0.111. The van der Waals surface area contributed by atoms with E-state index in [1.54, 1.807) is 18.3 Å². The molecule has 1 saturated heterocycles. The molecular formula is C27H31N5O6. The van der Waals surface area contributed by atoms with Gasteiger partial charge in [-0.1, -0.05) is 30.3 Å². The molecule has 200 valence electrons. The van der Waals surface area contributed by atoms with Crippen molar-refractivity contribution in [3.63, 3.8) is 0 Å². The van der Waals surface area contributed by atoms with Crippen LogP contribution in [0.3, 0.4) is 0 Å². The fourth-order valence-corrected chi connectivity index (χ4v) is 4.77. The lowest BCUT2D eigenvalue weighted by Crippen LogP contribution is -2.56. The van der Waals surface area contributed by atoms with Crippen LogP contribution in [0, 0.1) is 0 Å². The highest BCUT2D eigenvalue weighted by Gasteiger charge is 2.37. The first-order chi connectivity index (χ1) is 18.2. The highest BCUT2D eigenvalue weighted by Crippen LogP contribution is 2.22. The second-order valence-corrected chi connectivity index (χ2v) is 9.40. The molecule has 4 rings (SSSR count). The number of aliphatic carboxylic acids is 1. The number of fused-ring (bicyclic) bond motifs is 1. The Bertz CT molecular complexity index is 1320. The van der Waals surface area contributed by atoms with Crippen LogP contribution in [0.4, 0.5) is 0 Å². The number of hydrogen-bond donors (Lipinski definition) is 6. The summed E-state index contributed by atoms with van der Waals surface area (Å²) in [6.45, 7) is -0.224. The minimum atomic E-state index is -1.20. The Kier molecular flexibility index (Phi) is 8.27. The van der Waals surface area contributed by atoms with E-state index in [1.165, 1.54) is 17.0 Å². The van der Waals surface area contributed by atoms with Gasteiger partial charge >= 0.3 is 5.97 Å². The van der Waals surface area contributed by atoms with Gasteiger partial charge in [0.15, 0.2) is 0 Å². The van der Waals surface area contributed by atoms with Gasteiger partial charge in [-0.25, -0.2) is 0 Å². The predicted molar refractivity (Wildman–Crippen MR) is 139 cm³/mol. The molecule has 0 radical (unpaired) electrons. The zero-order valence-electron chi connectivity index (χ0n) is 20.7. The van der Waals surface area contributed by atoms with Crippen LogP contribution in [0.25, 0.3) is 10.9 Å². The SMILES string of the molecule is N[C@@H](Cc1ccc(O)cc1)C(=O)N1CCC[C@H]1C(=O)N[C@@H](Cc1c[nH]c2ccccc12)C(=O)NCC(=O)O. The van der Waals surface area contributed by atoms with Crippen molar-refractivity contribution >= 4 is 34.6 Å². The van der Waals surface area contributed by atoms with Crippen molar-refractivity contribution < 1.29 is 29.4 Å². The molecule has 38 heavy (non-hydrogen) atoms. The monoisotopic (exact) mass is 521 g/mol. The standard InChI is InChI=1S/C27H31N5O6/c28-20(12-16-7-9-18(33)10-8-16)27(38)32-11-3-6-23(32)26(37)31-22(25(36)30-15-24(34)35)13-17-14-29-21-5-2-1-4-19(17)21/h1-2,4-5,7-10,14,20,22-23,29,33H,3,6,11-13,15,28H2,(H,30,36)(H,31,37)(H,34,35)/t20-,22-,23-/m0/s1. The number of carbonyl (C=O) groups is 4. The van der Waals surface area contributed by atoms with Gasteiger partial charge in [-0.3, -0.25) is 19.2 Å². The van der Waals surface area contributed by atoms with E-state index in [1.807, 2.05) is 24.3 Å². The molecule has 0 saturated carbocycles. The van der Waals surface area contributed by atoms with E-state index >= 15 is 0 Å². The van der Waals surface area contributed by atoms with Crippen molar-refractivity contribution in [2.75, 3.05) is 13.1 Å². The van der Waals surface area contributed by atoms with Gasteiger partial charge in [0.25, 0.3) is 0 Å². The first-order valence-corrected chi connectivity index (χ1v) is 12.4. The van der Waals surface area contributed by atoms with Crippen molar-refractivity contribution in [2.24, 2.45) is 5.73 Å². The Morgan fingerprint density at radius 1 is 1.08 bits per heavy atom. The van der Waals surface area contributed by atoms with Crippen molar-refractivity contribution in [3.05, 3.63) is 65.9 Å². The van der Waals surface area contributed by atoms with E-state index in [-0.39, 0.29) is 24.5 Å². The van der Waals surface area contributed by atoms with Gasteiger partial charge in [0.1, 0.15) is 24.4 Å². The summed E-state index contributed by atoms with van der Waals surface area (Å²) in [5.74, 6) is -2.60. The third-order valence-electron chi connectivity index (χ3n) is 6.69. The summed E-state index contributed by atoms with van der Waals surface area (Å²) in [4.78, 5) is 55.0. The van der Waals surface area contributed by atoms with Crippen LogP contribution < -0.4 is 16.4 Å². The van der Waals surface area contributed by atoms with E-state index in [0.717, 1.165) is 22.0 Å². The van der Waals surface area contributed by atoms with E-state index in [9.17, 15) is 24.3 Å². The number of likely N-dealkylation sites (tertiary alicyclic amines) is 1. The Morgan fingerprint density at radius 2 is 1.82 bits per heavy atom. The number of rotatable bonds is 10. The summed E-state index contributed by atoms with van der Waals surface area (Å²) >= 11 is 0. The summed E-state index contributed by atoms with van der Waals surface area (Å²) in [7, 11) is 0. The molecule has 1 aliphatic heterocycles. The lowest BCUT2D eigenvalue weighted by molar-refractivity contribution is -0.141. The van der Waals surface area contributed by atoms with Crippen LogP contribution in [-0.2, 0) is 32.0 Å². The van der Waals surface area contributed by atoms with Gasteiger partial charge in [-0.2, -0.15) is 0 Å². The molecule has 7 N–H and O–H groups in total. The lowest BCUT2D eigenvalue weighted by atomic mass is 10.0. The number of nitrogens with one attached hydrogen (secondary N) is 3. The average molecular weight is 522 g/mol. The van der Waals surface area contributed by atoms with Crippen LogP contribution in [0.2, 0.25) is 0 Å². The van der Waals surface area contributed by atoms with Gasteiger partial charge in [-0.15, -0.1) is 0 Å². The second kappa shape index (κ2) is 11.8. The maximum Gasteiger partial charge on any atom is 0.322 e. The van der Waals surface area contributed by atoms with Crippen molar-refractivity contribution in [1.82, 2.24) is 20.5 Å². The molecule has 3 atom stereocenters. The van der Waals surface area contributed by atoms with E-state index in [2.05, 4.69) is 15.6 Å². The minimum Gasteiger partial charge on any atom is -0.508 e. The molecule has 3 amide bonds. The number of amides is 3. The van der Waals surface area contributed by atoms with Crippen LogP contribution >= 0.6 is 0 Å². The first kappa shape index (κ1) is 26.7. The number of carbonyl (C=O) groups excluding carboxylic acids is 3. The number of benzene rings is 2. The fourth-order valence-electron chi connectivity index (χ4n) is 4.77. The number of aromatic hydroxyl groups is 1. The average Bonchev–Trinajstić information content (AvgIpc) is 3.55. The molecule has 2 aromatic carbocycles. The van der Waals surface area contributed by atoms with Crippen molar-refractivity contribution in [2.45, 2.75) is 43.8 Å². The number of nitrogens with zero attached hydrogens (tertiary/aromatic N) is 1. The zero-order valence-corrected chi connectivity index (χ0v) is 20.7. The number of nitrogens with two attached hydrogens (primary N) is 1. The summed E-state index contributed by atoms with van der Waals surface area (Å²) in [6.07, 6.45) is 3.14. The van der Waals surface area contributed by atoms with Crippen LogP contribution in [0.5, 0.6) is 5.75 Å². The Hall–Kier alpha value is -4.38. The predicted octanol–water partition coefficient (Wildman–Crippen LogP) is 0.663. The smallest absolute Gasteiger partial charge is 0.322 e. The largest absolute Gasteiger partial charge is 0.508 e. The number of carboxylic acid groups (broad SMARTS) is 1. The van der Waals surface area contributed by atoms with E-state index in [0.29, 0.717) is 19.4 Å². The number of hydrogen-bond acceptors (Lipinski definition) is 6. The van der Waals surface area contributed by atoms with E-state index in [4.69, 9.17) is 10.8 Å². The van der Waals surface area contributed by atoms with Gasteiger partial charge in [0, 0.05) is 30.1 Å². The third kappa shape index (κ3) is 6.30. The Balaban J connectivity index is 1.47. The normalized spacial score (nSPS) is 16.7. The number of phenols is 1. The number of carboxylic acids is 1. The van der Waals surface area contributed by atoms with Crippen LogP contribution in [-0.4, -0.2) is 75.0 Å². The summed E-state index contributed by atoms with van der Waals surface area (Å²) < 4.78 is 0. The number of para-hydroxylation sites is 1. The molecule has 2 heterocycles. The van der Waals surface area contributed by atoms with Gasteiger partial charge < -0.3 is 36.5 Å². The molecule has 0 aliphatic carbocycles. The fraction of sp³-hybridized carbons (Fsp3) is 0.333. The van der Waals surface area contributed by atoms with Gasteiger partial charge in [0.05, 0.1) is 6.04 Å². The molecule has 0 spiro atoms. The highest BCUT2D eigenvalue weighted by atomic mass is 16.4. The highest BCUT2D eigenvalue weighted by molar-refractivity contribution is 5.94. The molecule has 1 aliphatic rings. The topological polar surface area (TPSA) is 178 Å². The van der Waals surface area contributed by atoms with Crippen molar-refractivity contribution in [3.8, 4) is 5.75 Å². The summed E-state index contributed by atoms with van der Waals surface area (Å²) in [6, 6.07) is 11.2. The molecule has 0 unspecified atom stereocenters. The van der Waals surface area contributed by atoms with Crippen LogP contribution in [0.1, 0.15) is 24.0 Å². The van der Waals surface area contributed by atoms with Crippen LogP contribution in [0.15, 0.2) is 54.7 Å². The molecule has 1 fully saturated rings. The quantitative estimate of drug-likeness (QED) is 0.227. The van der Waals surface area contributed by atoms with Crippen molar-refractivity contribution in [1.29, 1.82) is 0 Å². The third-order valence-corrected chi connectivity index (χ3v) is 6.69. The number of aromatic nitrogens is 1. The summed E-state index contributed by atoms with van der Waals surface area (Å²) in [5, 5.41) is 24.4. The Labute approximate surface area is 219 Å². The maximum absolute atomic E-state index is 13.3. The molecular weight excluding hydrogens is 490 g/mol. The molecule has 3 aromatic rings. The van der Waals surface area contributed by atoms with Gasteiger partial charge in [-0.05, 0) is 48.6 Å². The summed E-state index contributed by atoms with van der Waals surface area (Å²) in [5.41, 5.74) is 8.61. The molecule has 0 bridgehead atoms. The number of H-pyrrole nitrogens is 1. The first-order valence-electron chi connectivity index (χ1n) is 12.4. The zero-order chi connectivity index (χ0) is 27.2. The van der Waals surface area contributed by atoms with Gasteiger partial charge in [0.2, 0.25) is 17.7 Å². The Morgan fingerprint density at radius 3 is 2.55 bits per heavy atom. The number of aromatic amines is 1. The maximum atomic E-state index is 13.3. The molecule has 11 nitrogen and oxygen atoms in total.